The number of benzene rings is 2. The molecule has 0 fully saturated rings. The molecule has 0 radical (unpaired) electrons. The van der Waals surface area contributed by atoms with Crippen molar-refractivity contribution in [2.75, 3.05) is 13.2 Å². The number of para-hydroxylation sites is 1. The number of pyridine rings is 1. The Kier molecular flexibility index (Phi) is 5.86. The number of sulfonamides is 1. The van der Waals surface area contributed by atoms with E-state index in [0.29, 0.717) is 24.3 Å². The summed E-state index contributed by atoms with van der Waals surface area (Å²) in [7, 11) is -3.85. The first-order valence-electron chi connectivity index (χ1n) is 8.60. The average Bonchev–Trinajstić information content (AvgIpc) is 2.67. The minimum absolute atomic E-state index is 0.0964. The van der Waals surface area contributed by atoms with Crippen LogP contribution in [0.2, 0.25) is 0 Å². The van der Waals surface area contributed by atoms with Crippen molar-refractivity contribution in [3.8, 4) is 5.75 Å². The summed E-state index contributed by atoms with van der Waals surface area (Å²) < 4.78 is 33.1. The normalized spacial score (nSPS) is 11.5. The van der Waals surface area contributed by atoms with Crippen molar-refractivity contribution in [3.05, 3.63) is 70.4 Å². The smallest absolute Gasteiger partial charge is 0.270 e. The maximum Gasteiger partial charge on any atom is 0.270 e. The van der Waals surface area contributed by atoms with Gasteiger partial charge in [0.25, 0.3) is 5.69 Å². The third-order valence-electron chi connectivity index (χ3n) is 4.14. The number of nitro groups is 1. The standard InChI is InChI=1S/C19H19N3O5S/c1-14-8-9-16(22(23)24)13-18(14)28(25,26)21-11-4-12-27-17-7-2-5-15-6-3-10-20-19(15)17/h2-3,5-10,13,21H,4,11-12H2,1H3. The van der Waals surface area contributed by atoms with E-state index in [1.54, 1.807) is 13.1 Å². The Morgan fingerprint density at radius 2 is 1.96 bits per heavy atom. The van der Waals surface area contributed by atoms with Gasteiger partial charge in [0, 0.05) is 30.3 Å². The topological polar surface area (TPSA) is 111 Å². The Morgan fingerprint density at radius 3 is 2.75 bits per heavy atom. The van der Waals surface area contributed by atoms with Gasteiger partial charge in [-0.3, -0.25) is 15.1 Å². The maximum absolute atomic E-state index is 12.5. The fraction of sp³-hybridized carbons (Fsp3) is 0.211. The van der Waals surface area contributed by atoms with E-state index in [0.717, 1.165) is 17.0 Å². The molecule has 3 aromatic rings. The highest BCUT2D eigenvalue weighted by atomic mass is 32.2. The molecule has 0 bridgehead atoms. The van der Waals surface area contributed by atoms with Gasteiger partial charge in [0.05, 0.1) is 16.4 Å². The van der Waals surface area contributed by atoms with Crippen molar-refractivity contribution in [2.45, 2.75) is 18.2 Å². The van der Waals surface area contributed by atoms with Gasteiger partial charge in [-0.2, -0.15) is 0 Å². The van der Waals surface area contributed by atoms with E-state index in [-0.39, 0.29) is 17.1 Å². The van der Waals surface area contributed by atoms with Crippen LogP contribution >= 0.6 is 0 Å². The van der Waals surface area contributed by atoms with Crippen LogP contribution in [0.15, 0.2) is 59.6 Å². The van der Waals surface area contributed by atoms with E-state index in [4.69, 9.17) is 4.74 Å². The molecule has 1 heterocycles. The van der Waals surface area contributed by atoms with E-state index >= 15 is 0 Å². The van der Waals surface area contributed by atoms with Crippen LogP contribution in [0, 0.1) is 17.0 Å². The molecule has 146 valence electrons. The molecule has 1 N–H and O–H groups in total. The number of nitro benzene ring substituents is 1. The molecule has 2 aromatic carbocycles. The second-order valence-corrected chi connectivity index (χ2v) is 7.87. The third kappa shape index (κ3) is 4.44. The summed E-state index contributed by atoms with van der Waals surface area (Å²) in [6.07, 6.45) is 2.11. The SMILES string of the molecule is Cc1ccc([N+](=O)[O-])cc1S(=O)(=O)NCCCOc1cccc2cccnc12. The van der Waals surface area contributed by atoms with Gasteiger partial charge in [-0.25, -0.2) is 13.1 Å². The molecular weight excluding hydrogens is 382 g/mol. The van der Waals surface area contributed by atoms with Crippen LogP contribution in [-0.2, 0) is 10.0 Å². The van der Waals surface area contributed by atoms with Crippen molar-refractivity contribution in [2.24, 2.45) is 0 Å². The lowest BCUT2D eigenvalue weighted by Crippen LogP contribution is -2.26. The van der Waals surface area contributed by atoms with Crippen molar-refractivity contribution in [1.82, 2.24) is 9.71 Å². The first-order valence-corrected chi connectivity index (χ1v) is 10.1. The highest BCUT2D eigenvalue weighted by molar-refractivity contribution is 7.89. The van der Waals surface area contributed by atoms with E-state index in [9.17, 15) is 18.5 Å². The largest absolute Gasteiger partial charge is 0.491 e. The van der Waals surface area contributed by atoms with E-state index in [1.165, 1.54) is 12.1 Å². The number of aryl methyl sites for hydroxylation is 1. The zero-order chi connectivity index (χ0) is 20.1. The quantitative estimate of drug-likeness (QED) is 0.352. The summed E-state index contributed by atoms with van der Waals surface area (Å²) in [4.78, 5) is 14.5. The van der Waals surface area contributed by atoms with Gasteiger partial charge in [-0.1, -0.05) is 24.3 Å². The van der Waals surface area contributed by atoms with Gasteiger partial charge in [0.1, 0.15) is 11.3 Å². The number of ether oxygens (including phenoxy) is 1. The summed E-state index contributed by atoms with van der Waals surface area (Å²) in [6, 6.07) is 13.2. The molecule has 8 nitrogen and oxygen atoms in total. The lowest BCUT2D eigenvalue weighted by Gasteiger charge is -2.11. The second kappa shape index (κ2) is 8.32. The number of aromatic nitrogens is 1. The zero-order valence-corrected chi connectivity index (χ0v) is 16.0. The maximum atomic E-state index is 12.5. The van der Waals surface area contributed by atoms with Crippen molar-refractivity contribution in [1.29, 1.82) is 0 Å². The van der Waals surface area contributed by atoms with E-state index in [1.807, 2.05) is 30.3 Å². The third-order valence-corrected chi connectivity index (χ3v) is 5.74. The van der Waals surface area contributed by atoms with Gasteiger partial charge in [-0.05, 0) is 31.0 Å². The summed E-state index contributed by atoms with van der Waals surface area (Å²) in [5.41, 5.74) is 0.923. The number of hydrogen-bond acceptors (Lipinski definition) is 6. The zero-order valence-electron chi connectivity index (χ0n) is 15.2. The number of rotatable bonds is 8. The highest BCUT2D eigenvalue weighted by Crippen LogP contribution is 2.23. The Balaban J connectivity index is 1.59. The molecule has 0 saturated heterocycles. The fourth-order valence-electron chi connectivity index (χ4n) is 2.72. The van der Waals surface area contributed by atoms with Gasteiger partial charge >= 0.3 is 0 Å². The molecule has 1 aromatic heterocycles. The summed E-state index contributed by atoms with van der Waals surface area (Å²) in [6.45, 7) is 2.03. The molecule has 9 heteroatoms. The molecule has 0 aliphatic carbocycles. The monoisotopic (exact) mass is 401 g/mol. The first-order chi connectivity index (χ1) is 13.4. The lowest BCUT2D eigenvalue weighted by molar-refractivity contribution is -0.385. The van der Waals surface area contributed by atoms with Crippen molar-refractivity contribution >= 4 is 26.6 Å². The van der Waals surface area contributed by atoms with Crippen molar-refractivity contribution in [3.63, 3.8) is 0 Å². The molecule has 0 atom stereocenters. The summed E-state index contributed by atoms with van der Waals surface area (Å²) in [5.74, 6) is 0.635. The minimum Gasteiger partial charge on any atom is -0.491 e. The average molecular weight is 401 g/mol. The Morgan fingerprint density at radius 1 is 1.18 bits per heavy atom. The molecule has 0 spiro atoms. The number of hydrogen-bond donors (Lipinski definition) is 1. The molecule has 0 unspecified atom stereocenters. The Bertz CT molecular complexity index is 1110. The Labute approximate surface area is 162 Å². The van der Waals surface area contributed by atoms with Gasteiger partial charge in [0.2, 0.25) is 10.0 Å². The van der Waals surface area contributed by atoms with Crippen LogP contribution in [0.5, 0.6) is 5.75 Å². The molecule has 0 saturated carbocycles. The van der Waals surface area contributed by atoms with E-state index in [2.05, 4.69) is 9.71 Å². The summed E-state index contributed by atoms with van der Waals surface area (Å²) in [5, 5.41) is 11.8. The van der Waals surface area contributed by atoms with Gasteiger partial charge < -0.3 is 4.74 Å². The second-order valence-electron chi connectivity index (χ2n) is 6.14. The molecule has 28 heavy (non-hydrogen) atoms. The minimum atomic E-state index is -3.85. The van der Waals surface area contributed by atoms with Crippen LogP contribution < -0.4 is 9.46 Å². The predicted octanol–water partition coefficient (Wildman–Crippen LogP) is 3.20. The van der Waals surface area contributed by atoms with Crippen LogP contribution in [0.3, 0.4) is 0 Å². The lowest BCUT2D eigenvalue weighted by atomic mass is 10.2. The number of non-ortho nitro benzene ring substituents is 1. The predicted molar refractivity (Wildman–Crippen MR) is 105 cm³/mol. The molecular formula is C19H19N3O5S. The number of fused-ring (bicyclic) bond motifs is 1. The Hall–Kier alpha value is -3.04. The van der Waals surface area contributed by atoms with Crippen molar-refractivity contribution < 1.29 is 18.1 Å². The highest BCUT2D eigenvalue weighted by Gasteiger charge is 2.20. The number of nitrogens with one attached hydrogen (secondary N) is 1. The molecule has 0 amide bonds. The van der Waals surface area contributed by atoms with Crippen LogP contribution in [0.1, 0.15) is 12.0 Å². The van der Waals surface area contributed by atoms with Gasteiger partial charge in [0.15, 0.2) is 0 Å². The van der Waals surface area contributed by atoms with Crippen LogP contribution in [0.4, 0.5) is 5.69 Å². The van der Waals surface area contributed by atoms with Crippen LogP contribution in [0.25, 0.3) is 10.9 Å². The van der Waals surface area contributed by atoms with Crippen LogP contribution in [-0.4, -0.2) is 31.5 Å². The van der Waals surface area contributed by atoms with Gasteiger partial charge in [-0.15, -0.1) is 0 Å². The molecule has 0 aliphatic heterocycles. The van der Waals surface area contributed by atoms with E-state index < -0.39 is 14.9 Å². The number of nitrogens with zero attached hydrogens (tertiary/aromatic N) is 2. The summed E-state index contributed by atoms with van der Waals surface area (Å²) >= 11 is 0. The fourth-order valence-corrected chi connectivity index (χ4v) is 4.06. The first kappa shape index (κ1) is 19.7. The molecule has 0 aliphatic rings. The molecule has 3 rings (SSSR count).